The number of rotatable bonds is 8. The van der Waals surface area contributed by atoms with Gasteiger partial charge in [0.15, 0.2) is 16.1 Å². The Bertz CT molecular complexity index is 1220. The van der Waals surface area contributed by atoms with E-state index in [1.807, 2.05) is 66.4 Å². The molecule has 0 aliphatic rings. The van der Waals surface area contributed by atoms with Gasteiger partial charge in [0.25, 0.3) is 0 Å². The number of carbonyl (C=O) groups excluding carboxylic acids is 1. The van der Waals surface area contributed by atoms with Crippen LogP contribution in [0.15, 0.2) is 59.1 Å². The van der Waals surface area contributed by atoms with Crippen LogP contribution < -0.4 is 10.6 Å². The fourth-order valence-electron chi connectivity index (χ4n) is 2.87. The van der Waals surface area contributed by atoms with Crippen LogP contribution in [0.2, 0.25) is 5.02 Å². The van der Waals surface area contributed by atoms with E-state index in [0.29, 0.717) is 22.4 Å². The Hall–Kier alpha value is -2.88. The first kappa shape index (κ1) is 22.3. The minimum Gasteiger partial charge on any atom is -0.354 e. The molecule has 10 heteroatoms. The molecule has 0 bridgehead atoms. The number of aromatic nitrogens is 4. The van der Waals surface area contributed by atoms with E-state index in [1.165, 1.54) is 11.8 Å². The number of halogens is 1. The maximum atomic E-state index is 12.3. The lowest BCUT2D eigenvalue weighted by molar-refractivity contribution is -0.113. The highest BCUT2D eigenvalue weighted by molar-refractivity contribution is 7.99. The number of aryl methyl sites for hydroxylation is 1. The molecule has 2 aromatic carbocycles. The minimum atomic E-state index is -0.131. The second-order valence-corrected chi connectivity index (χ2v) is 9.22. The van der Waals surface area contributed by atoms with E-state index >= 15 is 0 Å². The molecule has 0 spiro atoms. The van der Waals surface area contributed by atoms with Gasteiger partial charge in [-0.05, 0) is 24.6 Å². The number of anilines is 2. The van der Waals surface area contributed by atoms with Gasteiger partial charge in [-0.1, -0.05) is 59.8 Å². The highest BCUT2D eigenvalue weighted by Gasteiger charge is 2.13. The van der Waals surface area contributed by atoms with E-state index in [2.05, 4.69) is 25.8 Å². The van der Waals surface area contributed by atoms with Crippen molar-refractivity contribution >= 4 is 51.4 Å². The maximum absolute atomic E-state index is 12.3. The molecule has 1 amide bonds. The highest BCUT2D eigenvalue weighted by atomic mass is 35.5. The Kier molecular flexibility index (Phi) is 7.09. The zero-order valence-corrected chi connectivity index (χ0v) is 19.9. The molecule has 0 saturated carbocycles. The van der Waals surface area contributed by atoms with E-state index in [9.17, 15) is 4.79 Å². The van der Waals surface area contributed by atoms with Crippen LogP contribution in [0.25, 0.3) is 11.3 Å². The number of thioether (sulfide) groups is 1. The van der Waals surface area contributed by atoms with Crippen molar-refractivity contribution in [2.24, 2.45) is 7.05 Å². The van der Waals surface area contributed by atoms with Crippen molar-refractivity contribution in [1.29, 1.82) is 0 Å². The molecule has 0 aliphatic heterocycles. The number of amides is 1. The maximum Gasteiger partial charge on any atom is 0.234 e. The van der Waals surface area contributed by atoms with Gasteiger partial charge in [0, 0.05) is 28.7 Å². The molecule has 2 aromatic heterocycles. The van der Waals surface area contributed by atoms with E-state index < -0.39 is 0 Å². The predicted molar refractivity (Wildman–Crippen MR) is 131 cm³/mol. The summed E-state index contributed by atoms with van der Waals surface area (Å²) in [5.41, 5.74) is 3.66. The Morgan fingerprint density at radius 1 is 1.19 bits per heavy atom. The van der Waals surface area contributed by atoms with Crippen LogP contribution in [0, 0.1) is 6.92 Å². The Balaban J connectivity index is 1.30. The average molecular weight is 485 g/mol. The molecule has 0 saturated heterocycles. The molecule has 7 nitrogen and oxygen atoms in total. The van der Waals surface area contributed by atoms with Crippen LogP contribution in [-0.2, 0) is 18.4 Å². The molecule has 2 N–H and O–H groups in total. The zero-order chi connectivity index (χ0) is 22.5. The lowest BCUT2D eigenvalue weighted by Gasteiger charge is -2.07. The van der Waals surface area contributed by atoms with Gasteiger partial charge in [0.1, 0.15) is 0 Å². The third kappa shape index (κ3) is 5.48. The van der Waals surface area contributed by atoms with Crippen molar-refractivity contribution < 1.29 is 4.79 Å². The van der Waals surface area contributed by atoms with Crippen LogP contribution >= 0.6 is 34.7 Å². The SMILES string of the molecule is Cc1ccc(NC(=O)CSc2nnc(CNc3nc(-c4ccccc4)cs3)n2C)cc1Cl. The lowest BCUT2D eigenvalue weighted by atomic mass is 10.2. The molecule has 164 valence electrons. The van der Waals surface area contributed by atoms with Crippen LogP contribution in [0.4, 0.5) is 10.8 Å². The summed E-state index contributed by atoms with van der Waals surface area (Å²) in [6.07, 6.45) is 0. The number of hydrogen-bond acceptors (Lipinski definition) is 7. The number of nitrogens with zero attached hydrogens (tertiary/aromatic N) is 4. The number of benzene rings is 2. The summed E-state index contributed by atoms with van der Waals surface area (Å²) >= 11 is 8.99. The highest BCUT2D eigenvalue weighted by Crippen LogP contribution is 2.25. The van der Waals surface area contributed by atoms with Crippen molar-refractivity contribution in [1.82, 2.24) is 19.7 Å². The topological polar surface area (TPSA) is 84.7 Å². The molecule has 0 radical (unpaired) electrons. The van der Waals surface area contributed by atoms with Crippen molar-refractivity contribution in [2.45, 2.75) is 18.6 Å². The molecule has 0 unspecified atom stereocenters. The van der Waals surface area contributed by atoms with Crippen molar-refractivity contribution in [3.05, 3.63) is 70.3 Å². The summed E-state index contributed by atoms with van der Waals surface area (Å²) in [5, 5.41) is 18.7. The quantitative estimate of drug-likeness (QED) is 0.332. The Morgan fingerprint density at radius 2 is 2.00 bits per heavy atom. The van der Waals surface area contributed by atoms with Crippen LogP contribution in [0.3, 0.4) is 0 Å². The van der Waals surface area contributed by atoms with Crippen LogP contribution in [0.1, 0.15) is 11.4 Å². The van der Waals surface area contributed by atoms with Crippen molar-refractivity contribution in [3.8, 4) is 11.3 Å². The second-order valence-electron chi connectivity index (χ2n) is 7.02. The third-order valence-electron chi connectivity index (χ3n) is 4.68. The fraction of sp³-hybridized carbons (Fsp3) is 0.182. The van der Waals surface area contributed by atoms with Crippen molar-refractivity contribution in [3.63, 3.8) is 0 Å². The third-order valence-corrected chi connectivity index (χ3v) is 6.91. The van der Waals surface area contributed by atoms with E-state index in [1.54, 1.807) is 17.4 Å². The Morgan fingerprint density at radius 3 is 2.78 bits per heavy atom. The lowest BCUT2D eigenvalue weighted by Crippen LogP contribution is -2.14. The summed E-state index contributed by atoms with van der Waals surface area (Å²) in [5.74, 6) is 0.848. The standard InChI is InChI=1S/C22H21ClN6OS2/c1-14-8-9-16(10-17(14)23)25-20(30)13-32-22-28-27-19(29(22)2)11-24-21-26-18(12-31-21)15-6-4-3-5-7-15/h3-10,12H,11,13H2,1-2H3,(H,24,26)(H,25,30). The van der Waals surface area contributed by atoms with Gasteiger partial charge < -0.3 is 15.2 Å². The zero-order valence-electron chi connectivity index (χ0n) is 17.5. The molecule has 0 fully saturated rings. The van der Waals surface area contributed by atoms with Gasteiger partial charge in [0.2, 0.25) is 5.91 Å². The molecule has 0 atom stereocenters. The first-order valence-corrected chi connectivity index (χ1v) is 12.1. The van der Waals surface area contributed by atoms with Gasteiger partial charge in [-0.25, -0.2) is 4.98 Å². The molecule has 2 heterocycles. The second kappa shape index (κ2) is 10.2. The van der Waals surface area contributed by atoms with Gasteiger partial charge in [-0.3, -0.25) is 4.79 Å². The first-order chi connectivity index (χ1) is 15.5. The molecule has 4 rings (SSSR count). The normalized spacial score (nSPS) is 10.8. The van der Waals surface area contributed by atoms with Gasteiger partial charge in [0.05, 0.1) is 18.0 Å². The molecular formula is C22H21ClN6OS2. The first-order valence-electron chi connectivity index (χ1n) is 9.81. The van der Waals surface area contributed by atoms with E-state index in [4.69, 9.17) is 11.6 Å². The van der Waals surface area contributed by atoms with Gasteiger partial charge in [-0.15, -0.1) is 21.5 Å². The summed E-state index contributed by atoms with van der Waals surface area (Å²) in [6, 6.07) is 15.5. The van der Waals surface area contributed by atoms with E-state index in [0.717, 1.165) is 27.8 Å². The summed E-state index contributed by atoms with van der Waals surface area (Å²) in [7, 11) is 1.88. The smallest absolute Gasteiger partial charge is 0.234 e. The minimum absolute atomic E-state index is 0.131. The molecule has 0 aliphatic carbocycles. The van der Waals surface area contributed by atoms with Crippen molar-refractivity contribution in [2.75, 3.05) is 16.4 Å². The number of carbonyl (C=O) groups is 1. The average Bonchev–Trinajstić information content (AvgIpc) is 3.41. The molecule has 4 aromatic rings. The summed E-state index contributed by atoms with van der Waals surface area (Å²) in [6.45, 7) is 2.40. The van der Waals surface area contributed by atoms with Gasteiger partial charge in [-0.2, -0.15) is 0 Å². The molecular weight excluding hydrogens is 464 g/mol. The number of thiazole rings is 1. The largest absolute Gasteiger partial charge is 0.354 e. The van der Waals surface area contributed by atoms with Gasteiger partial charge >= 0.3 is 0 Å². The number of nitrogens with one attached hydrogen (secondary N) is 2. The fourth-order valence-corrected chi connectivity index (χ4v) is 4.50. The van der Waals surface area contributed by atoms with Crippen LogP contribution in [-0.4, -0.2) is 31.4 Å². The summed E-state index contributed by atoms with van der Waals surface area (Å²) < 4.78 is 1.87. The van der Waals surface area contributed by atoms with E-state index in [-0.39, 0.29) is 11.7 Å². The monoisotopic (exact) mass is 484 g/mol. The predicted octanol–water partition coefficient (Wildman–Crippen LogP) is 5.24. The van der Waals surface area contributed by atoms with Crippen LogP contribution in [0.5, 0.6) is 0 Å². The number of hydrogen-bond donors (Lipinski definition) is 2. The molecule has 32 heavy (non-hydrogen) atoms. The Labute approximate surface area is 199 Å². The summed E-state index contributed by atoms with van der Waals surface area (Å²) in [4.78, 5) is 16.9.